The van der Waals surface area contributed by atoms with Crippen LogP contribution in [0.2, 0.25) is 0 Å². The average Bonchev–Trinajstić information content (AvgIpc) is 2.77. The summed E-state index contributed by atoms with van der Waals surface area (Å²) in [5.41, 5.74) is 7.96. The van der Waals surface area contributed by atoms with Gasteiger partial charge in [0.15, 0.2) is 0 Å². The molecule has 5 heteroatoms. The molecule has 0 bridgehead atoms. The maximum atomic E-state index is 13.6. The number of hydrogen-bond acceptors (Lipinski definition) is 2. The first-order valence-electron chi connectivity index (χ1n) is 10.8. The number of carbonyl (C=O) groups excluding carboxylic acids is 1. The lowest BCUT2D eigenvalue weighted by atomic mass is 9.92. The first-order valence-corrected chi connectivity index (χ1v) is 10.8. The summed E-state index contributed by atoms with van der Waals surface area (Å²) in [5, 5.41) is 7.81. The van der Waals surface area contributed by atoms with Gasteiger partial charge in [-0.2, -0.15) is 0 Å². The molecule has 1 N–H and O–H groups in total. The van der Waals surface area contributed by atoms with E-state index in [-0.39, 0.29) is 17.9 Å². The predicted octanol–water partition coefficient (Wildman–Crippen LogP) is 4.67. The first kappa shape index (κ1) is 19.9. The van der Waals surface area contributed by atoms with Crippen molar-refractivity contribution in [3.63, 3.8) is 0 Å². The van der Waals surface area contributed by atoms with Crippen molar-refractivity contribution in [3.05, 3.63) is 88.7 Å². The maximum absolute atomic E-state index is 13.6. The lowest BCUT2D eigenvalue weighted by Crippen LogP contribution is -2.41. The standard InChI is InChI=1S/C26H25FN3O/c1-17(31)29-24-7-8-25-21(15-24)9-11-28-26(25)30-12-10-20-13-19(5-6-22(20)16-30)18-3-2-4-23(27)14-18/h2-8,13-15,26H,9-12,16H2,1H3,(H,29,31). The molecule has 0 fully saturated rings. The Morgan fingerprint density at radius 3 is 2.71 bits per heavy atom. The fraction of sp³-hybridized carbons (Fsp3) is 0.269. The van der Waals surface area contributed by atoms with Gasteiger partial charge < -0.3 is 5.32 Å². The molecule has 2 aliphatic heterocycles. The number of nitrogens with zero attached hydrogens (tertiary/aromatic N) is 2. The van der Waals surface area contributed by atoms with Gasteiger partial charge in [-0.25, -0.2) is 9.71 Å². The van der Waals surface area contributed by atoms with E-state index in [4.69, 9.17) is 5.32 Å². The number of nitrogens with one attached hydrogen (secondary N) is 1. The quantitative estimate of drug-likeness (QED) is 0.677. The largest absolute Gasteiger partial charge is 0.326 e. The number of carbonyl (C=O) groups is 1. The maximum Gasteiger partial charge on any atom is 0.221 e. The molecule has 2 heterocycles. The molecule has 2 aliphatic rings. The van der Waals surface area contributed by atoms with Gasteiger partial charge in [-0.3, -0.25) is 9.69 Å². The second kappa shape index (κ2) is 8.25. The first-order chi connectivity index (χ1) is 15.1. The normalized spacial score (nSPS) is 18.2. The van der Waals surface area contributed by atoms with Crippen molar-refractivity contribution in [2.75, 3.05) is 18.4 Å². The van der Waals surface area contributed by atoms with Gasteiger partial charge in [-0.1, -0.05) is 36.4 Å². The molecule has 1 unspecified atom stereocenters. The number of hydrogen-bond donors (Lipinski definition) is 1. The van der Waals surface area contributed by atoms with Gasteiger partial charge in [0.05, 0.1) is 0 Å². The van der Waals surface area contributed by atoms with E-state index in [9.17, 15) is 9.18 Å². The van der Waals surface area contributed by atoms with E-state index in [1.165, 1.54) is 35.2 Å². The highest BCUT2D eigenvalue weighted by Crippen LogP contribution is 2.34. The Kier molecular flexibility index (Phi) is 5.30. The van der Waals surface area contributed by atoms with Gasteiger partial charge in [-0.05, 0) is 70.5 Å². The summed E-state index contributed by atoms with van der Waals surface area (Å²) >= 11 is 0. The van der Waals surface area contributed by atoms with Crippen molar-refractivity contribution in [2.45, 2.75) is 32.5 Å². The zero-order valence-electron chi connectivity index (χ0n) is 17.6. The number of anilines is 1. The molecule has 0 saturated carbocycles. The van der Waals surface area contributed by atoms with Gasteiger partial charge in [0, 0.05) is 32.2 Å². The zero-order chi connectivity index (χ0) is 21.4. The molecule has 0 aromatic heterocycles. The van der Waals surface area contributed by atoms with Gasteiger partial charge in [0.1, 0.15) is 12.0 Å². The highest BCUT2D eigenvalue weighted by molar-refractivity contribution is 5.88. The van der Waals surface area contributed by atoms with Crippen LogP contribution in [0.15, 0.2) is 60.7 Å². The van der Waals surface area contributed by atoms with Crippen molar-refractivity contribution in [1.82, 2.24) is 10.2 Å². The number of fused-ring (bicyclic) bond motifs is 2. The van der Waals surface area contributed by atoms with Crippen LogP contribution in [-0.4, -0.2) is 23.9 Å². The van der Waals surface area contributed by atoms with Gasteiger partial charge in [0.25, 0.3) is 0 Å². The second-order valence-electron chi connectivity index (χ2n) is 8.34. The van der Waals surface area contributed by atoms with Crippen LogP contribution >= 0.6 is 0 Å². The second-order valence-corrected chi connectivity index (χ2v) is 8.34. The third-order valence-corrected chi connectivity index (χ3v) is 6.18. The Morgan fingerprint density at radius 2 is 1.87 bits per heavy atom. The molecule has 157 valence electrons. The summed E-state index contributed by atoms with van der Waals surface area (Å²) in [5.74, 6) is -0.261. The summed E-state index contributed by atoms with van der Waals surface area (Å²) in [6, 6.07) is 19.4. The lowest BCUT2D eigenvalue weighted by Gasteiger charge is -2.38. The van der Waals surface area contributed by atoms with E-state index in [2.05, 4.69) is 40.5 Å². The van der Waals surface area contributed by atoms with Crippen molar-refractivity contribution >= 4 is 11.6 Å². The number of benzene rings is 3. The molecule has 31 heavy (non-hydrogen) atoms. The summed E-state index contributed by atoms with van der Waals surface area (Å²) in [6.07, 6.45) is 1.90. The monoisotopic (exact) mass is 414 g/mol. The van der Waals surface area contributed by atoms with Crippen LogP contribution in [0, 0.1) is 5.82 Å². The molecule has 5 rings (SSSR count). The molecular weight excluding hydrogens is 389 g/mol. The molecule has 1 atom stereocenters. The number of rotatable bonds is 3. The van der Waals surface area contributed by atoms with E-state index < -0.39 is 0 Å². The lowest BCUT2D eigenvalue weighted by molar-refractivity contribution is -0.114. The minimum atomic E-state index is -0.208. The third kappa shape index (κ3) is 4.11. The highest BCUT2D eigenvalue weighted by atomic mass is 19.1. The minimum absolute atomic E-state index is 0.0474. The molecule has 0 aliphatic carbocycles. The van der Waals surface area contributed by atoms with E-state index >= 15 is 0 Å². The van der Waals surface area contributed by atoms with Gasteiger partial charge >= 0.3 is 0 Å². The Morgan fingerprint density at radius 1 is 1.00 bits per heavy atom. The van der Waals surface area contributed by atoms with E-state index in [0.29, 0.717) is 0 Å². The zero-order valence-corrected chi connectivity index (χ0v) is 17.6. The summed E-state index contributed by atoms with van der Waals surface area (Å²) < 4.78 is 13.6. The molecule has 1 radical (unpaired) electrons. The van der Waals surface area contributed by atoms with E-state index in [0.717, 1.165) is 49.3 Å². The van der Waals surface area contributed by atoms with Crippen LogP contribution < -0.4 is 10.6 Å². The van der Waals surface area contributed by atoms with Gasteiger partial charge in [0.2, 0.25) is 5.91 Å². The topological polar surface area (TPSA) is 46.4 Å². The predicted molar refractivity (Wildman–Crippen MR) is 120 cm³/mol. The summed E-state index contributed by atoms with van der Waals surface area (Å²) in [7, 11) is 0. The van der Waals surface area contributed by atoms with Crippen LogP contribution in [0.5, 0.6) is 0 Å². The van der Waals surface area contributed by atoms with Gasteiger partial charge in [-0.15, -0.1) is 0 Å². The van der Waals surface area contributed by atoms with E-state index in [1.807, 2.05) is 12.1 Å². The van der Waals surface area contributed by atoms with Crippen molar-refractivity contribution in [3.8, 4) is 11.1 Å². The van der Waals surface area contributed by atoms with Crippen molar-refractivity contribution < 1.29 is 9.18 Å². The fourth-order valence-corrected chi connectivity index (χ4v) is 4.70. The Labute approximate surface area is 182 Å². The molecule has 4 nitrogen and oxygen atoms in total. The SMILES string of the molecule is CC(=O)Nc1ccc2c(c1)CC[N]C2N1CCc2cc(-c3cccc(F)c3)ccc2C1. The van der Waals surface area contributed by atoms with Crippen molar-refractivity contribution in [2.24, 2.45) is 0 Å². The van der Waals surface area contributed by atoms with Crippen molar-refractivity contribution in [1.29, 1.82) is 0 Å². The minimum Gasteiger partial charge on any atom is -0.326 e. The molecule has 0 spiro atoms. The van der Waals surface area contributed by atoms with E-state index in [1.54, 1.807) is 12.1 Å². The molecule has 3 aromatic rings. The molecule has 3 aromatic carbocycles. The molecule has 1 amide bonds. The average molecular weight is 415 g/mol. The summed E-state index contributed by atoms with van der Waals surface area (Å²) in [4.78, 5) is 13.8. The Bertz CT molecular complexity index is 1140. The highest BCUT2D eigenvalue weighted by Gasteiger charge is 2.29. The summed E-state index contributed by atoms with van der Waals surface area (Å²) in [6.45, 7) is 4.10. The van der Waals surface area contributed by atoms with Crippen LogP contribution in [0.3, 0.4) is 0 Å². The smallest absolute Gasteiger partial charge is 0.221 e. The van der Waals surface area contributed by atoms with Crippen LogP contribution in [0.25, 0.3) is 11.1 Å². The Balaban J connectivity index is 1.37. The number of halogens is 1. The number of amides is 1. The molecular formula is C26H25FN3O. The van der Waals surface area contributed by atoms with Crippen LogP contribution in [0.4, 0.5) is 10.1 Å². The Hall–Kier alpha value is -3.02. The van der Waals surface area contributed by atoms with Crippen LogP contribution in [-0.2, 0) is 24.2 Å². The third-order valence-electron chi connectivity index (χ3n) is 6.18. The molecule has 0 saturated heterocycles. The fourth-order valence-electron chi connectivity index (χ4n) is 4.70. The van der Waals surface area contributed by atoms with Crippen LogP contribution in [0.1, 0.15) is 35.3 Å².